The van der Waals surface area contributed by atoms with Crippen LogP contribution in [0.2, 0.25) is 0 Å². The molecule has 4 unspecified atom stereocenters. The zero-order chi connectivity index (χ0) is 21.3. The highest BCUT2D eigenvalue weighted by Crippen LogP contribution is 2.44. The van der Waals surface area contributed by atoms with Crippen LogP contribution in [0.15, 0.2) is 41.3 Å². The molecular formula is C22H28ClN7O2. The van der Waals surface area contributed by atoms with E-state index in [1.807, 2.05) is 24.3 Å². The molecule has 5 N–H and O–H groups in total. The number of likely N-dealkylation sites (tertiary alicyclic amines) is 2. The van der Waals surface area contributed by atoms with Crippen LogP contribution in [0.25, 0.3) is 5.69 Å². The molecule has 2 saturated carbocycles. The number of halogens is 1. The Morgan fingerprint density at radius 2 is 1.56 bits per heavy atom. The van der Waals surface area contributed by atoms with Gasteiger partial charge >= 0.3 is 11.7 Å². The van der Waals surface area contributed by atoms with Gasteiger partial charge in [-0.05, 0) is 47.4 Å². The van der Waals surface area contributed by atoms with Gasteiger partial charge in [-0.1, -0.05) is 12.1 Å². The molecule has 170 valence electrons. The first-order chi connectivity index (χ1) is 15.0. The maximum atomic E-state index is 12.5. The van der Waals surface area contributed by atoms with Gasteiger partial charge in [-0.25, -0.2) is 9.59 Å². The van der Waals surface area contributed by atoms with E-state index in [4.69, 9.17) is 11.5 Å². The second kappa shape index (κ2) is 7.84. The van der Waals surface area contributed by atoms with Gasteiger partial charge in [0.05, 0.1) is 5.69 Å². The molecule has 6 rings (SSSR count). The Labute approximate surface area is 192 Å². The number of nitrogens with zero attached hydrogens (tertiary/aromatic N) is 4. The Bertz CT molecular complexity index is 1070. The molecule has 32 heavy (non-hydrogen) atoms. The number of nitrogens with two attached hydrogens (primary N) is 2. The molecule has 2 aromatic rings. The fourth-order valence-corrected chi connectivity index (χ4v) is 5.40. The largest absolute Gasteiger partial charge is 0.354 e. The van der Waals surface area contributed by atoms with E-state index in [1.165, 1.54) is 10.1 Å². The molecule has 4 fully saturated rings. The van der Waals surface area contributed by atoms with Gasteiger partial charge in [-0.3, -0.25) is 14.8 Å². The summed E-state index contributed by atoms with van der Waals surface area (Å²) in [7, 11) is 0. The molecule has 2 aliphatic heterocycles. The average Bonchev–Trinajstić information content (AvgIpc) is 3.35. The molecule has 0 bridgehead atoms. The smallest absolute Gasteiger partial charge is 0.327 e. The second-order valence-corrected chi connectivity index (χ2v) is 9.47. The normalized spacial score (nSPS) is 32.1. The zero-order valence-corrected chi connectivity index (χ0v) is 18.4. The van der Waals surface area contributed by atoms with Crippen LogP contribution in [0.4, 0.5) is 10.6 Å². The third-order valence-corrected chi connectivity index (χ3v) is 7.54. The number of nitrogens with one attached hydrogen (secondary N) is 1. The van der Waals surface area contributed by atoms with Crippen molar-refractivity contribution in [1.29, 1.82) is 0 Å². The summed E-state index contributed by atoms with van der Waals surface area (Å²) in [5.74, 6) is 2.46. The molecule has 0 radical (unpaired) electrons. The number of aromatic nitrogens is 2. The molecule has 0 spiro atoms. The van der Waals surface area contributed by atoms with E-state index in [0.29, 0.717) is 42.8 Å². The summed E-state index contributed by atoms with van der Waals surface area (Å²) in [6, 6.07) is 10.0. The highest BCUT2D eigenvalue weighted by Gasteiger charge is 2.55. The standard InChI is InChI=1S/C22H27N7O2.ClH/c23-19-14-8-27(9-15(14)19)7-12-1-3-13(4-2-12)29-6-5-18(26-22(29)31)25-21(30)28-10-16-17(11-28)20(16)24;/h1-6,14-17,19-20H,7-11,23-24H2,(H,25,26,30,31);1H. The van der Waals surface area contributed by atoms with Crippen molar-refractivity contribution in [3.8, 4) is 5.69 Å². The molecule has 10 heteroatoms. The summed E-state index contributed by atoms with van der Waals surface area (Å²) in [5, 5.41) is 2.73. The number of rotatable bonds is 4. The lowest BCUT2D eigenvalue weighted by Crippen LogP contribution is -2.37. The van der Waals surface area contributed by atoms with Gasteiger partial charge in [0.1, 0.15) is 5.82 Å². The van der Waals surface area contributed by atoms with E-state index in [-0.39, 0.29) is 30.3 Å². The maximum absolute atomic E-state index is 12.5. The van der Waals surface area contributed by atoms with E-state index in [1.54, 1.807) is 17.2 Å². The molecule has 4 aliphatic rings. The monoisotopic (exact) mass is 457 g/mol. The number of hydrogen-bond donors (Lipinski definition) is 3. The lowest BCUT2D eigenvalue weighted by Gasteiger charge is -2.19. The van der Waals surface area contributed by atoms with Gasteiger partial charge in [0.15, 0.2) is 0 Å². The molecule has 4 atom stereocenters. The predicted octanol–water partition coefficient (Wildman–Crippen LogP) is 0.464. The minimum Gasteiger partial charge on any atom is -0.327 e. The lowest BCUT2D eigenvalue weighted by molar-refractivity contribution is 0.216. The van der Waals surface area contributed by atoms with Crippen LogP contribution in [0.5, 0.6) is 0 Å². The van der Waals surface area contributed by atoms with Gasteiger partial charge in [-0.15, -0.1) is 12.4 Å². The number of urea groups is 1. The second-order valence-electron chi connectivity index (χ2n) is 9.47. The quantitative estimate of drug-likeness (QED) is 0.613. The third-order valence-electron chi connectivity index (χ3n) is 7.54. The molecule has 3 heterocycles. The molecule has 1 aromatic carbocycles. The minimum atomic E-state index is -0.426. The highest BCUT2D eigenvalue weighted by atomic mass is 35.5. The number of amides is 2. The Hall–Kier alpha value is -2.46. The molecule has 2 saturated heterocycles. The number of fused-ring (bicyclic) bond motifs is 2. The third kappa shape index (κ3) is 3.69. The lowest BCUT2D eigenvalue weighted by atomic mass is 10.2. The van der Waals surface area contributed by atoms with Crippen molar-refractivity contribution in [2.45, 2.75) is 18.6 Å². The van der Waals surface area contributed by atoms with Gasteiger partial charge < -0.3 is 16.4 Å². The number of benzene rings is 1. The number of carbonyl (C=O) groups excluding carboxylic acids is 1. The van der Waals surface area contributed by atoms with Crippen molar-refractivity contribution >= 4 is 24.3 Å². The number of hydrogen-bond acceptors (Lipinski definition) is 6. The van der Waals surface area contributed by atoms with Crippen molar-refractivity contribution < 1.29 is 4.79 Å². The summed E-state index contributed by atoms with van der Waals surface area (Å²) in [6.07, 6.45) is 1.65. The maximum Gasteiger partial charge on any atom is 0.354 e. The van der Waals surface area contributed by atoms with Crippen molar-refractivity contribution in [1.82, 2.24) is 19.4 Å². The topological polar surface area (TPSA) is 123 Å². The van der Waals surface area contributed by atoms with Crippen LogP contribution in [0, 0.1) is 23.7 Å². The van der Waals surface area contributed by atoms with Crippen molar-refractivity contribution in [3.05, 3.63) is 52.6 Å². The molecule has 2 amide bonds. The SMILES string of the molecule is Cl.NC1C2CN(Cc3ccc(-n4ccc(NC(=O)N5CC6C(N)C6C5)nc4=O)cc3)CC12. The first kappa shape index (κ1) is 21.4. The fourth-order valence-electron chi connectivity index (χ4n) is 5.40. The Morgan fingerprint density at radius 1 is 0.969 bits per heavy atom. The molecule has 2 aliphatic carbocycles. The van der Waals surface area contributed by atoms with Crippen LogP contribution in [0.3, 0.4) is 0 Å². The summed E-state index contributed by atoms with van der Waals surface area (Å²) < 4.78 is 1.48. The summed E-state index contributed by atoms with van der Waals surface area (Å²) >= 11 is 0. The van der Waals surface area contributed by atoms with Crippen LogP contribution < -0.4 is 22.5 Å². The molecule has 9 nitrogen and oxygen atoms in total. The van der Waals surface area contributed by atoms with E-state index in [9.17, 15) is 9.59 Å². The van der Waals surface area contributed by atoms with E-state index in [2.05, 4.69) is 15.2 Å². The van der Waals surface area contributed by atoms with Crippen molar-refractivity contribution in [2.75, 3.05) is 31.5 Å². The van der Waals surface area contributed by atoms with Gasteiger partial charge in [0.2, 0.25) is 0 Å². The highest BCUT2D eigenvalue weighted by molar-refractivity contribution is 5.88. The fraction of sp³-hybridized carbons (Fsp3) is 0.500. The molecule has 1 aromatic heterocycles. The number of piperidine rings is 2. The zero-order valence-electron chi connectivity index (χ0n) is 17.6. The van der Waals surface area contributed by atoms with Gasteiger partial charge in [-0.2, -0.15) is 4.98 Å². The first-order valence-corrected chi connectivity index (χ1v) is 11.0. The van der Waals surface area contributed by atoms with Crippen molar-refractivity contribution in [2.24, 2.45) is 35.1 Å². The Balaban J connectivity index is 0.00000216. The van der Waals surface area contributed by atoms with Gasteiger partial charge in [0.25, 0.3) is 0 Å². The van der Waals surface area contributed by atoms with Crippen LogP contribution in [-0.4, -0.2) is 63.6 Å². The summed E-state index contributed by atoms with van der Waals surface area (Å²) in [4.78, 5) is 33.1. The Morgan fingerprint density at radius 3 is 2.16 bits per heavy atom. The van der Waals surface area contributed by atoms with E-state index < -0.39 is 5.69 Å². The minimum absolute atomic E-state index is 0. The summed E-state index contributed by atoms with van der Waals surface area (Å²) in [5.41, 5.74) is 13.5. The predicted molar refractivity (Wildman–Crippen MR) is 123 cm³/mol. The number of carbonyl (C=O) groups is 1. The van der Waals surface area contributed by atoms with Crippen molar-refractivity contribution in [3.63, 3.8) is 0 Å². The van der Waals surface area contributed by atoms with Gasteiger partial charge in [0, 0.05) is 51.0 Å². The first-order valence-electron chi connectivity index (χ1n) is 11.0. The Kier molecular flexibility index (Phi) is 5.24. The van der Waals surface area contributed by atoms with Crippen LogP contribution in [0.1, 0.15) is 5.56 Å². The number of anilines is 1. The van der Waals surface area contributed by atoms with E-state index in [0.717, 1.165) is 25.3 Å². The van der Waals surface area contributed by atoms with E-state index >= 15 is 0 Å². The summed E-state index contributed by atoms with van der Waals surface area (Å²) in [6.45, 7) is 4.41. The molecular weight excluding hydrogens is 430 g/mol. The average molecular weight is 458 g/mol. The van der Waals surface area contributed by atoms with Crippen LogP contribution >= 0.6 is 12.4 Å². The van der Waals surface area contributed by atoms with Crippen LogP contribution in [-0.2, 0) is 6.54 Å².